The zero-order chi connectivity index (χ0) is 20.5. The standard InChI is InChI=1S/C18H18F4N2O4/c19-17(20)27-14-5-1-3-12(7-14)9-24(11-16(25)23-26)10-13-4-2-6-15(8-13)28-18(21)22/h1-8,17-18,26H,9-11H2,(H,23,25). The van der Waals surface area contributed by atoms with E-state index in [1.165, 1.54) is 41.9 Å². The van der Waals surface area contributed by atoms with E-state index in [0.29, 0.717) is 11.1 Å². The Morgan fingerprint density at radius 1 is 0.929 bits per heavy atom. The van der Waals surface area contributed by atoms with Crippen molar-refractivity contribution in [3.05, 3.63) is 59.7 Å². The van der Waals surface area contributed by atoms with Gasteiger partial charge in [0.15, 0.2) is 0 Å². The maximum Gasteiger partial charge on any atom is 0.387 e. The van der Waals surface area contributed by atoms with Gasteiger partial charge >= 0.3 is 13.2 Å². The number of rotatable bonds is 10. The summed E-state index contributed by atoms with van der Waals surface area (Å²) >= 11 is 0. The van der Waals surface area contributed by atoms with Crippen LogP contribution < -0.4 is 15.0 Å². The first-order valence-corrected chi connectivity index (χ1v) is 8.08. The molecule has 2 N–H and O–H groups in total. The minimum absolute atomic E-state index is 0.0357. The number of nitrogens with zero attached hydrogens (tertiary/aromatic N) is 1. The van der Waals surface area contributed by atoms with Gasteiger partial charge in [0.05, 0.1) is 6.54 Å². The Kier molecular flexibility index (Phi) is 8.02. The summed E-state index contributed by atoms with van der Waals surface area (Å²) in [6.45, 7) is -5.87. The van der Waals surface area contributed by atoms with Crippen molar-refractivity contribution >= 4 is 5.91 Å². The van der Waals surface area contributed by atoms with Crippen molar-refractivity contribution in [1.29, 1.82) is 0 Å². The molecule has 0 saturated carbocycles. The predicted octanol–water partition coefficient (Wildman–Crippen LogP) is 3.40. The fourth-order valence-electron chi connectivity index (χ4n) is 2.56. The number of benzene rings is 2. The van der Waals surface area contributed by atoms with Crippen LogP contribution in [0, 0.1) is 0 Å². The Morgan fingerprint density at radius 2 is 1.39 bits per heavy atom. The van der Waals surface area contributed by atoms with Gasteiger partial charge in [-0.1, -0.05) is 24.3 Å². The van der Waals surface area contributed by atoms with E-state index >= 15 is 0 Å². The Hall–Kier alpha value is -2.85. The van der Waals surface area contributed by atoms with Gasteiger partial charge in [0.1, 0.15) is 11.5 Å². The number of carbonyl (C=O) groups is 1. The maximum absolute atomic E-state index is 12.4. The van der Waals surface area contributed by atoms with Gasteiger partial charge in [0.2, 0.25) is 0 Å². The van der Waals surface area contributed by atoms with E-state index in [9.17, 15) is 22.4 Å². The lowest BCUT2D eigenvalue weighted by molar-refractivity contribution is -0.130. The van der Waals surface area contributed by atoms with Crippen LogP contribution in [0.1, 0.15) is 11.1 Å². The van der Waals surface area contributed by atoms with Gasteiger partial charge in [-0.3, -0.25) is 14.9 Å². The summed E-state index contributed by atoms with van der Waals surface area (Å²) in [7, 11) is 0. The van der Waals surface area contributed by atoms with Crippen LogP contribution in [0.4, 0.5) is 17.6 Å². The van der Waals surface area contributed by atoms with Gasteiger partial charge in [0, 0.05) is 13.1 Å². The number of hydrogen-bond donors (Lipinski definition) is 2. The van der Waals surface area contributed by atoms with E-state index in [1.807, 2.05) is 0 Å². The number of hydroxylamine groups is 1. The van der Waals surface area contributed by atoms with Crippen molar-refractivity contribution in [3.63, 3.8) is 0 Å². The summed E-state index contributed by atoms with van der Waals surface area (Å²) in [5.41, 5.74) is 2.66. The highest BCUT2D eigenvalue weighted by Gasteiger charge is 2.14. The summed E-state index contributed by atoms with van der Waals surface area (Å²) in [4.78, 5) is 13.2. The van der Waals surface area contributed by atoms with Crippen LogP contribution >= 0.6 is 0 Å². The highest BCUT2D eigenvalue weighted by Crippen LogP contribution is 2.20. The molecular weight excluding hydrogens is 384 g/mol. The number of carbonyl (C=O) groups excluding carboxylic acids is 1. The zero-order valence-electron chi connectivity index (χ0n) is 14.5. The maximum atomic E-state index is 12.4. The van der Waals surface area contributed by atoms with Gasteiger partial charge in [-0.05, 0) is 35.4 Å². The molecule has 0 aromatic heterocycles. The average molecular weight is 402 g/mol. The molecule has 1 amide bonds. The first kappa shape index (κ1) is 21.5. The highest BCUT2D eigenvalue weighted by atomic mass is 19.3. The first-order chi connectivity index (χ1) is 13.4. The van der Waals surface area contributed by atoms with E-state index in [4.69, 9.17) is 5.21 Å². The SMILES string of the molecule is O=C(CN(Cc1cccc(OC(F)F)c1)Cc1cccc(OC(F)F)c1)NO. The quantitative estimate of drug-likeness (QED) is 0.362. The zero-order valence-corrected chi connectivity index (χ0v) is 14.5. The van der Waals surface area contributed by atoms with Crippen LogP contribution in [0.15, 0.2) is 48.5 Å². The highest BCUT2D eigenvalue weighted by molar-refractivity contribution is 5.76. The fourth-order valence-corrected chi connectivity index (χ4v) is 2.56. The lowest BCUT2D eigenvalue weighted by Gasteiger charge is -2.22. The molecule has 0 aliphatic carbocycles. The van der Waals surface area contributed by atoms with Crippen LogP contribution in [0.2, 0.25) is 0 Å². The van der Waals surface area contributed by atoms with Crippen molar-refractivity contribution in [2.24, 2.45) is 0 Å². The number of hydrogen-bond acceptors (Lipinski definition) is 5. The number of ether oxygens (including phenoxy) is 2. The van der Waals surface area contributed by atoms with E-state index in [0.717, 1.165) is 0 Å². The Bertz CT molecular complexity index is 721. The van der Waals surface area contributed by atoms with E-state index < -0.39 is 19.1 Å². The lowest BCUT2D eigenvalue weighted by Crippen LogP contribution is -2.35. The molecule has 6 nitrogen and oxygen atoms in total. The third kappa shape index (κ3) is 7.41. The van der Waals surface area contributed by atoms with Crippen LogP contribution in [0.25, 0.3) is 0 Å². The van der Waals surface area contributed by atoms with E-state index in [1.54, 1.807) is 17.0 Å². The summed E-state index contributed by atoms with van der Waals surface area (Å²) in [6, 6.07) is 11.9. The van der Waals surface area contributed by atoms with Crippen molar-refractivity contribution < 1.29 is 37.0 Å². The molecule has 0 saturated heterocycles. The largest absolute Gasteiger partial charge is 0.435 e. The lowest BCUT2D eigenvalue weighted by atomic mass is 10.1. The monoisotopic (exact) mass is 402 g/mol. The molecule has 0 atom stereocenters. The van der Waals surface area contributed by atoms with Gasteiger partial charge in [-0.2, -0.15) is 17.6 Å². The van der Waals surface area contributed by atoms with Crippen LogP contribution in [-0.4, -0.2) is 35.8 Å². The molecule has 0 spiro atoms. The predicted molar refractivity (Wildman–Crippen MR) is 90.2 cm³/mol. The first-order valence-electron chi connectivity index (χ1n) is 8.08. The molecule has 0 radical (unpaired) electrons. The number of halogens is 4. The summed E-state index contributed by atoms with van der Waals surface area (Å²) in [6.07, 6.45) is 0. The molecule has 152 valence electrons. The normalized spacial score (nSPS) is 11.1. The third-order valence-corrected chi connectivity index (χ3v) is 3.55. The van der Waals surface area contributed by atoms with Crippen molar-refractivity contribution in [2.45, 2.75) is 26.3 Å². The molecule has 0 unspecified atom stereocenters. The fraction of sp³-hybridized carbons (Fsp3) is 0.278. The second-order valence-corrected chi connectivity index (χ2v) is 5.73. The van der Waals surface area contributed by atoms with Crippen molar-refractivity contribution in [2.75, 3.05) is 6.54 Å². The molecule has 2 aromatic rings. The molecule has 0 aliphatic heterocycles. The summed E-state index contributed by atoms with van der Waals surface area (Å²) in [5.74, 6) is -0.766. The smallest absolute Gasteiger partial charge is 0.387 e. The second kappa shape index (κ2) is 10.5. The topological polar surface area (TPSA) is 71.0 Å². The molecule has 0 heterocycles. The third-order valence-electron chi connectivity index (χ3n) is 3.55. The molecule has 28 heavy (non-hydrogen) atoms. The number of nitrogens with one attached hydrogen (secondary N) is 1. The Labute approximate surface area is 158 Å². The molecule has 0 bridgehead atoms. The van der Waals surface area contributed by atoms with E-state index in [-0.39, 0.29) is 31.1 Å². The van der Waals surface area contributed by atoms with Crippen molar-refractivity contribution in [3.8, 4) is 11.5 Å². The van der Waals surface area contributed by atoms with Crippen LogP contribution in [0.3, 0.4) is 0 Å². The number of amides is 1. The average Bonchev–Trinajstić information content (AvgIpc) is 2.61. The molecule has 10 heteroatoms. The Morgan fingerprint density at radius 3 is 1.79 bits per heavy atom. The van der Waals surface area contributed by atoms with E-state index in [2.05, 4.69) is 9.47 Å². The molecule has 2 rings (SSSR count). The molecule has 0 fully saturated rings. The van der Waals surface area contributed by atoms with Crippen LogP contribution in [-0.2, 0) is 17.9 Å². The van der Waals surface area contributed by atoms with Gasteiger partial charge in [-0.25, -0.2) is 5.48 Å². The minimum atomic E-state index is -2.97. The minimum Gasteiger partial charge on any atom is -0.435 e. The Balaban J connectivity index is 2.15. The summed E-state index contributed by atoms with van der Waals surface area (Å²) in [5, 5.41) is 8.77. The molecule has 2 aromatic carbocycles. The van der Waals surface area contributed by atoms with Gasteiger partial charge in [0.25, 0.3) is 5.91 Å². The van der Waals surface area contributed by atoms with Crippen LogP contribution in [0.5, 0.6) is 11.5 Å². The van der Waals surface area contributed by atoms with Gasteiger partial charge in [-0.15, -0.1) is 0 Å². The number of alkyl halides is 4. The molecule has 0 aliphatic rings. The summed E-state index contributed by atoms with van der Waals surface area (Å²) < 4.78 is 58.2. The van der Waals surface area contributed by atoms with Crippen molar-refractivity contribution in [1.82, 2.24) is 10.4 Å². The molecular formula is C18H18F4N2O4. The van der Waals surface area contributed by atoms with Gasteiger partial charge < -0.3 is 9.47 Å². The second-order valence-electron chi connectivity index (χ2n) is 5.73.